The van der Waals surface area contributed by atoms with Crippen LogP contribution in [0.5, 0.6) is 11.6 Å². The summed E-state index contributed by atoms with van der Waals surface area (Å²) in [7, 11) is 3.31. The van der Waals surface area contributed by atoms with Crippen molar-refractivity contribution in [2.75, 3.05) is 24.9 Å². The van der Waals surface area contributed by atoms with Gasteiger partial charge in [-0.25, -0.2) is 10.4 Å². The van der Waals surface area contributed by atoms with Gasteiger partial charge < -0.3 is 20.1 Å². The zero-order valence-corrected chi connectivity index (χ0v) is 18.4. The van der Waals surface area contributed by atoms with Crippen molar-refractivity contribution in [1.82, 2.24) is 15.8 Å². The third-order valence-electron chi connectivity index (χ3n) is 8.02. The molecule has 4 aliphatic rings. The van der Waals surface area contributed by atoms with Gasteiger partial charge in [-0.1, -0.05) is 0 Å². The number of methoxy groups -OCH3 is 2. The molecule has 0 bridgehead atoms. The van der Waals surface area contributed by atoms with Gasteiger partial charge in [-0.2, -0.15) is 0 Å². The van der Waals surface area contributed by atoms with Crippen LogP contribution in [0, 0.1) is 17.8 Å². The van der Waals surface area contributed by atoms with Crippen LogP contribution in [0.2, 0.25) is 0 Å². The molecule has 1 spiro atoms. The molecular weight excluding hydrogens is 406 g/mol. The van der Waals surface area contributed by atoms with Crippen LogP contribution in [0.25, 0.3) is 0 Å². The van der Waals surface area contributed by atoms with Gasteiger partial charge in [0.25, 0.3) is 0 Å². The van der Waals surface area contributed by atoms with Crippen LogP contribution in [0.4, 0.5) is 11.4 Å². The lowest BCUT2D eigenvalue weighted by Gasteiger charge is -2.34. The van der Waals surface area contributed by atoms with Crippen molar-refractivity contribution in [2.24, 2.45) is 17.8 Å². The van der Waals surface area contributed by atoms with Gasteiger partial charge in [-0.05, 0) is 73.4 Å². The smallest absolute Gasteiger partial charge is 0.237 e. The fourth-order valence-electron chi connectivity index (χ4n) is 6.35. The van der Waals surface area contributed by atoms with Crippen molar-refractivity contribution >= 4 is 17.3 Å². The molecule has 6 atom stereocenters. The molecule has 6 rings (SSSR count). The number of nitrogens with zero attached hydrogens (tertiary/aromatic N) is 1. The van der Waals surface area contributed by atoms with Crippen LogP contribution < -0.4 is 31.0 Å². The first-order valence-corrected chi connectivity index (χ1v) is 11.4. The summed E-state index contributed by atoms with van der Waals surface area (Å²) in [6.07, 6.45) is 6.09. The summed E-state index contributed by atoms with van der Waals surface area (Å²) in [4.78, 5) is 17.3. The van der Waals surface area contributed by atoms with Crippen LogP contribution >= 0.6 is 0 Å². The van der Waals surface area contributed by atoms with E-state index in [0.717, 1.165) is 48.4 Å². The Morgan fingerprint density at radius 2 is 2.06 bits per heavy atom. The monoisotopic (exact) mass is 435 g/mol. The van der Waals surface area contributed by atoms with E-state index in [0.29, 0.717) is 29.7 Å². The van der Waals surface area contributed by atoms with Crippen LogP contribution in [-0.2, 0) is 10.2 Å². The van der Waals surface area contributed by atoms with Gasteiger partial charge >= 0.3 is 0 Å². The molecule has 1 amide bonds. The maximum absolute atomic E-state index is 13.0. The molecule has 3 fully saturated rings. The summed E-state index contributed by atoms with van der Waals surface area (Å²) in [5.74, 6) is 2.97. The quantitative estimate of drug-likeness (QED) is 0.573. The second-order valence-electron chi connectivity index (χ2n) is 9.46. The predicted molar refractivity (Wildman–Crippen MR) is 120 cm³/mol. The van der Waals surface area contributed by atoms with E-state index in [1.165, 1.54) is 0 Å². The zero-order chi connectivity index (χ0) is 21.9. The number of pyridine rings is 1. The van der Waals surface area contributed by atoms with Gasteiger partial charge in [0.1, 0.15) is 5.75 Å². The number of fused-ring (bicyclic) bond motifs is 3. The number of hydrogen-bond acceptors (Lipinski definition) is 7. The first-order chi connectivity index (χ1) is 15.6. The molecule has 4 unspecified atom stereocenters. The second kappa shape index (κ2) is 7.35. The van der Waals surface area contributed by atoms with Crippen molar-refractivity contribution in [3.05, 3.63) is 42.1 Å². The van der Waals surface area contributed by atoms with Gasteiger partial charge in [0.2, 0.25) is 11.8 Å². The largest absolute Gasteiger partial charge is 0.497 e. The second-order valence-corrected chi connectivity index (χ2v) is 9.46. The average molecular weight is 436 g/mol. The van der Waals surface area contributed by atoms with Gasteiger partial charge in [0, 0.05) is 23.8 Å². The number of amides is 1. The Labute approximate surface area is 187 Å². The van der Waals surface area contributed by atoms with Gasteiger partial charge in [-0.15, -0.1) is 0 Å². The highest BCUT2D eigenvalue weighted by atomic mass is 16.5. The molecule has 0 radical (unpaired) electrons. The summed E-state index contributed by atoms with van der Waals surface area (Å²) in [6, 6.07) is 10.2. The summed E-state index contributed by atoms with van der Waals surface area (Å²) in [6.45, 7) is 0. The highest BCUT2D eigenvalue weighted by Gasteiger charge is 2.67. The average Bonchev–Trinajstić information content (AvgIpc) is 3.38. The number of rotatable bonds is 5. The first kappa shape index (κ1) is 19.8. The molecule has 32 heavy (non-hydrogen) atoms. The normalized spacial score (nSPS) is 34.6. The standard InChI is InChI=1S/C24H29N5O3/c1-31-14-6-8-18-16(11-14)24(23(30)27-18)12-17(24)13-5-7-15-20(10-13)28-29-21(15)26-19-4-3-9-25-22(19)32-2/h3-4,6,8-9,11,13,15,17,20-21,26,28-29H,5,7,10,12H2,1-2H3,(H,27,30)/t13?,15?,17-,20?,21?,24-/m0/s1. The number of hydrogen-bond donors (Lipinski definition) is 4. The molecule has 1 aromatic carbocycles. The number of carbonyl (C=O) groups is 1. The fourth-order valence-corrected chi connectivity index (χ4v) is 6.35. The summed E-state index contributed by atoms with van der Waals surface area (Å²) < 4.78 is 10.8. The van der Waals surface area contributed by atoms with Gasteiger partial charge in [0.15, 0.2) is 0 Å². The van der Waals surface area contributed by atoms with Crippen molar-refractivity contribution in [1.29, 1.82) is 0 Å². The van der Waals surface area contributed by atoms with Crippen molar-refractivity contribution in [3.63, 3.8) is 0 Å². The molecule has 2 aromatic rings. The van der Waals surface area contributed by atoms with Crippen molar-refractivity contribution in [3.8, 4) is 11.6 Å². The number of anilines is 2. The molecule has 3 heterocycles. The Kier molecular flexibility index (Phi) is 4.55. The van der Waals surface area contributed by atoms with E-state index in [9.17, 15) is 4.79 Å². The lowest BCUT2D eigenvalue weighted by molar-refractivity contribution is -0.118. The lowest BCUT2D eigenvalue weighted by atomic mass is 9.74. The molecule has 2 aliphatic carbocycles. The van der Waals surface area contributed by atoms with E-state index in [-0.39, 0.29) is 17.5 Å². The topological polar surface area (TPSA) is 96.5 Å². The molecule has 1 saturated heterocycles. The Balaban J connectivity index is 1.16. The molecule has 1 aromatic heterocycles. The van der Waals surface area contributed by atoms with Crippen LogP contribution in [0.1, 0.15) is 31.2 Å². The van der Waals surface area contributed by atoms with Gasteiger partial charge in [-0.3, -0.25) is 10.2 Å². The number of benzene rings is 1. The maximum atomic E-state index is 13.0. The maximum Gasteiger partial charge on any atom is 0.237 e. The van der Waals surface area contributed by atoms with Crippen LogP contribution in [0.3, 0.4) is 0 Å². The van der Waals surface area contributed by atoms with E-state index in [2.05, 4.69) is 32.5 Å². The number of hydrazine groups is 1. The fraction of sp³-hybridized carbons (Fsp3) is 0.500. The number of ether oxygens (including phenoxy) is 2. The lowest BCUT2D eigenvalue weighted by Crippen LogP contribution is -2.39. The molecular formula is C24H29N5O3. The van der Waals surface area contributed by atoms with E-state index >= 15 is 0 Å². The summed E-state index contributed by atoms with van der Waals surface area (Å²) in [5.41, 5.74) is 9.55. The van der Waals surface area contributed by atoms with Crippen LogP contribution in [0.15, 0.2) is 36.5 Å². The van der Waals surface area contributed by atoms with E-state index in [1.807, 2.05) is 24.3 Å². The molecule has 8 nitrogen and oxygen atoms in total. The SMILES string of the molecule is COc1ccc2c(c1)[C@]1(C[C@H]1C1CCC3C(C1)NNC3Nc1cccnc1OC)C(=O)N2. The minimum Gasteiger partial charge on any atom is -0.497 e. The number of nitrogens with one attached hydrogen (secondary N) is 4. The minimum absolute atomic E-state index is 0.118. The third kappa shape index (κ3) is 2.89. The number of aromatic nitrogens is 1. The molecule has 8 heteroatoms. The number of carbonyl (C=O) groups excluding carboxylic acids is 1. The molecule has 168 valence electrons. The minimum atomic E-state index is -0.367. The van der Waals surface area contributed by atoms with E-state index < -0.39 is 0 Å². The van der Waals surface area contributed by atoms with Crippen molar-refractivity contribution in [2.45, 2.75) is 43.3 Å². The first-order valence-electron chi connectivity index (χ1n) is 11.4. The van der Waals surface area contributed by atoms with Crippen molar-refractivity contribution < 1.29 is 14.3 Å². The summed E-state index contributed by atoms with van der Waals surface area (Å²) in [5, 5.41) is 6.67. The zero-order valence-electron chi connectivity index (χ0n) is 18.4. The molecule has 4 N–H and O–H groups in total. The van der Waals surface area contributed by atoms with Crippen LogP contribution in [-0.4, -0.2) is 37.3 Å². The highest BCUT2D eigenvalue weighted by Crippen LogP contribution is 2.65. The molecule has 2 aliphatic heterocycles. The van der Waals surface area contributed by atoms with Gasteiger partial charge in [0.05, 0.1) is 31.5 Å². The third-order valence-corrected chi connectivity index (χ3v) is 8.02. The highest BCUT2D eigenvalue weighted by molar-refractivity contribution is 6.09. The Morgan fingerprint density at radius 1 is 1.16 bits per heavy atom. The Hall–Kier alpha value is -2.84. The van der Waals surface area contributed by atoms with E-state index in [4.69, 9.17) is 9.47 Å². The summed E-state index contributed by atoms with van der Waals surface area (Å²) >= 11 is 0. The molecule has 2 saturated carbocycles. The Bertz CT molecular complexity index is 1060. The van der Waals surface area contributed by atoms with E-state index in [1.54, 1.807) is 20.4 Å². The Morgan fingerprint density at radius 3 is 2.91 bits per heavy atom. The predicted octanol–water partition coefficient (Wildman–Crippen LogP) is 2.64.